The first-order valence-corrected chi connectivity index (χ1v) is 25.4. The molecule has 11 heteroatoms. The number of unbranched alkanes of at least 4 members (excludes halogenated alkanes) is 24. The van der Waals surface area contributed by atoms with Crippen molar-refractivity contribution < 1.29 is 50.0 Å². The van der Waals surface area contributed by atoms with Gasteiger partial charge in [-0.3, -0.25) is 4.79 Å². The molecule has 1 aliphatic heterocycles. The van der Waals surface area contributed by atoms with Gasteiger partial charge in [0, 0.05) is 0 Å². The number of amides is 1. The molecular weight excluding hydrogens is 787 g/mol. The largest absolute Gasteiger partial charge is 0.394 e. The van der Waals surface area contributed by atoms with Crippen LogP contribution in [0.1, 0.15) is 213 Å². The van der Waals surface area contributed by atoms with Crippen molar-refractivity contribution in [3.8, 4) is 0 Å². The number of allylic oxidation sites excluding steroid dienone is 6. The molecular formula is C51H95NO10. The van der Waals surface area contributed by atoms with E-state index in [0.29, 0.717) is 19.3 Å². The summed E-state index contributed by atoms with van der Waals surface area (Å²) in [6.07, 6.45) is 36.4. The van der Waals surface area contributed by atoms with Crippen LogP contribution in [0.3, 0.4) is 0 Å². The van der Waals surface area contributed by atoms with E-state index in [1.807, 2.05) is 0 Å². The molecule has 1 heterocycles. The van der Waals surface area contributed by atoms with E-state index >= 15 is 0 Å². The van der Waals surface area contributed by atoms with Gasteiger partial charge in [0.15, 0.2) is 6.29 Å². The van der Waals surface area contributed by atoms with Crippen molar-refractivity contribution >= 4 is 5.91 Å². The molecule has 1 rings (SSSR count). The molecule has 9 atom stereocenters. The third-order valence-corrected chi connectivity index (χ3v) is 12.1. The molecule has 8 N–H and O–H groups in total. The molecule has 0 bridgehead atoms. The summed E-state index contributed by atoms with van der Waals surface area (Å²) < 4.78 is 11.1. The second kappa shape index (κ2) is 40.8. The van der Waals surface area contributed by atoms with Gasteiger partial charge in [-0.25, -0.2) is 0 Å². The highest BCUT2D eigenvalue weighted by Gasteiger charge is 2.44. The van der Waals surface area contributed by atoms with Gasteiger partial charge in [-0.2, -0.15) is 0 Å². The Bertz CT molecular complexity index is 1100. The van der Waals surface area contributed by atoms with Gasteiger partial charge < -0.3 is 50.5 Å². The molecule has 0 aromatic carbocycles. The van der Waals surface area contributed by atoms with E-state index in [-0.39, 0.29) is 12.8 Å². The van der Waals surface area contributed by atoms with E-state index in [9.17, 15) is 40.5 Å². The van der Waals surface area contributed by atoms with Gasteiger partial charge in [-0.05, 0) is 77.0 Å². The molecule has 0 aliphatic carbocycles. The van der Waals surface area contributed by atoms with Crippen LogP contribution >= 0.6 is 0 Å². The quantitative estimate of drug-likeness (QED) is 0.0217. The standard InChI is InChI=1S/C51H95NO10/c1-3-5-7-9-11-13-15-16-17-18-19-20-21-22-23-24-25-26-27-29-30-32-34-36-38-43(54)46(56)42(41-61-51-49(59)48(58)47(57)45(40-53)62-51)52-50(60)44(55)39-37-35-33-31-28-14-12-10-8-6-4-2/h12,14,25-26,30,32,42-49,51,53-59H,3-11,13,15-24,27-29,31,33-41H2,1-2H3,(H,52,60)/b14-12-,26-25+,32-30+. The van der Waals surface area contributed by atoms with Crippen molar-refractivity contribution in [2.24, 2.45) is 0 Å². The van der Waals surface area contributed by atoms with E-state index in [4.69, 9.17) is 9.47 Å². The number of aliphatic hydroxyl groups excluding tert-OH is 7. The summed E-state index contributed by atoms with van der Waals surface area (Å²) in [5, 5.41) is 75.6. The minimum absolute atomic E-state index is 0.235. The van der Waals surface area contributed by atoms with Crippen molar-refractivity contribution in [3.63, 3.8) is 0 Å². The van der Waals surface area contributed by atoms with Gasteiger partial charge in [-0.1, -0.05) is 172 Å². The van der Waals surface area contributed by atoms with Crippen molar-refractivity contribution in [1.29, 1.82) is 0 Å². The lowest BCUT2D eigenvalue weighted by atomic mass is 9.98. The van der Waals surface area contributed by atoms with Crippen LogP contribution in [0.25, 0.3) is 0 Å². The minimum atomic E-state index is -1.67. The molecule has 1 saturated heterocycles. The highest BCUT2D eigenvalue weighted by Crippen LogP contribution is 2.23. The number of ether oxygens (including phenoxy) is 2. The van der Waals surface area contributed by atoms with Crippen molar-refractivity contribution in [1.82, 2.24) is 5.32 Å². The van der Waals surface area contributed by atoms with Crippen LogP contribution in [-0.2, 0) is 14.3 Å². The Labute approximate surface area is 377 Å². The number of aliphatic hydroxyl groups is 7. The van der Waals surface area contributed by atoms with Gasteiger partial charge in [0.1, 0.15) is 36.6 Å². The zero-order valence-electron chi connectivity index (χ0n) is 39.4. The highest BCUT2D eigenvalue weighted by atomic mass is 16.7. The molecule has 0 spiro atoms. The average molecular weight is 882 g/mol. The van der Waals surface area contributed by atoms with E-state index in [0.717, 1.165) is 51.4 Å². The monoisotopic (exact) mass is 882 g/mol. The van der Waals surface area contributed by atoms with E-state index in [2.05, 4.69) is 55.6 Å². The molecule has 0 aromatic rings. The molecule has 0 radical (unpaired) electrons. The van der Waals surface area contributed by atoms with Crippen molar-refractivity contribution in [2.75, 3.05) is 13.2 Å². The molecule has 11 nitrogen and oxygen atoms in total. The molecule has 1 aliphatic rings. The third-order valence-electron chi connectivity index (χ3n) is 12.1. The molecule has 0 saturated carbocycles. The summed E-state index contributed by atoms with van der Waals surface area (Å²) in [6, 6.07) is -1.19. The molecule has 62 heavy (non-hydrogen) atoms. The van der Waals surface area contributed by atoms with Crippen molar-refractivity contribution in [2.45, 2.75) is 268 Å². The lowest BCUT2D eigenvalue weighted by Gasteiger charge is -2.40. The number of nitrogens with one attached hydrogen (secondary N) is 1. The number of carbonyl (C=O) groups excluding carboxylic acids is 1. The fourth-order valence-electron chi connectivity index (χ4n) is 7.92. The zero-order chi connectivity index (χ0) is 45.5. The first-order chi connectivity index (χ1) is 30.2. The lowest BCUT2D eigenvalue weighted by Crippen LogP contribution is -2.60. The third kappa shape index (κ3) is 29.7. The number of hydrogen-bond acceptors (Lipinski definition) is 10. The average Bonchev–Trinajstić information content (AvgIpc) is 3.27. The molecule has 0 aromatic heterocycles. The Morgan fingerprint density at radius 2 is 0.968 bits per heavy atom. The smallest absolute Gasteiger partial charge is 0.249 e. The fraction of sp³-hybridized carbons (Fsp3) is 0.863. The van der Waals surface area contributed by atoms with Gasteiger partial charge in [0.2, 0.25) is 5.91 Å². The second-order valence-corrected chi connectivity index (χ2v) is 17.9. The Morgan fingerprint density at radius 3 is 1.47 bits per heavy atom. The summed E-state index contributed by atoms with van der Waals surface area (Å²) in [6.45, 7) is 3.38. The lowest BCUT2D eigenvalue weighted by molar-refractivity contribution is -0.303. The maximum atomic E-state index is 13.1. The first kappa shape index (κ1) is 58.3. The topological polar surface area (TPSA) is 189 Å². The fourth-order valence-corrected chi connectivity index (χ4v) is 7.92. The van der Waals surface area contributed by atoms with E-state index in [1.54, 1.807) is 0 Å². The highest BCUT2D eigenvalue weighted by molar-refractivity contribution is 5.80. The van der Waals surface area contributed by atoms with Crippen LogP contribution in [0.4, 0.5) is 0 Å². The first-order valence-electron chi connectivity index (χ1n) is 25.4. The number of rotatable bonds is 42. The zero-order valence-corrected chi connectivity index (χ0v) is 39.4. The number of hydrogen-bond donors (Lipinski definition) is 8. The summed E-state index contributed by atoms with van der Waals surface area (Å²) >= 11 is 0. The summed E-state index contributed by atoms with van der Waals surface area (Å²) in [4.78, 5) is 13.1. The Hall–Kier alpha value is -1.67. The Balaban J connectivity index is 2.39. The number of carbonyl (C=O) groups is 1. The van der Waals surface area contributed by atoms with Gasteiger partial charge in [0.05, 0.1) is 25.4 Å². The second-order valence-electron chi connectivity index (χ2n) is 17.9. The maximum absolute atomic E-state index is 13.1. The molecule has 9 unspecified atom stereocenters. The molecule has 364 valence electrons. The Morgan fingerprint density at radius 1 is 0.548 bits per heavy atom. The van der Waals surface area contributed by atoms with Gasteiger partial charge in [-0.15, -0.1) is 0 Å². The van der Waals surface area contributed by atoms with E-state index in [1.165, 1.54) is 116 Å². The summed E-state index contributed by atoms with van der Waals surface area (Å²) in [5.74, 6) is -0.722. The SMILES string of the molecule is CCCCC/C=C\CCCCCCC(O)C(=O)NC(COC1OC(CO)C(O)C(O)C1O)C(O)C(O)CCC/C=C/CC/C=C/CCCCCCCCCCCCCCCCC. The predicted molar refractivity (Wildman–Crippen MR) is 252 cm³/mol. The van der Waals surface area contributed by atoms with Crippen molar-refractivity contribution in [3.05, 3.63) is 36.5 Å². The summed E-state index contributed by atoms with van der Waals surface area (Å²) in [5.41, 5.74) is 0. The van der Waals surface area contributed by atoms with Crippen LogP contribution in [0, 0.1) is 0 Å². The van der Waals surface area contributed by atoms with Crippen LogP contribution in [0.2, 0.25) is 0 Å². The Kier molecular flexibility index (Phi) is 38.4. The molecule has 1 amide bonds. The van der Waals surface area contributed by atoms with Gasteiger partial charge in [0.25, 0.3) is 0 Å². The van der Waals surface area contributed by atoms with Crippen LogP contribution in [-0.4, -0.2) is 110 Å². The van der Waals surface area contributed by atoms with Crippen LogP contribution in [0.15, 0.2) is 36.5 Å². The van der Waals surface area contributed by atoms with Gasteiger partial charge >= 0.3 is 0 Å². The minimum Gasteiger partial charge on any atom is -0.394 e. The predicted octanol–water partition coefficient (Wildman–Crippen LogP) is 9.17. The van der Waals surface area contributed by atoms with E-state index < -0.39 is 74.2 Å². The summed E-state index contributed by atoms with van der Waals surface area (Å²) in [7, 11) is 0. The molecule has 1 fully saturated rings. The van der Waals surface area contributed by atoms with Crippen LogP contribution in [0.5, 0.6) is 0 Å². The maximum Gasteiger partial charge on any atom is 0.249 e. The normalized spacial score (nSPS) is 21.6. The van der Waals surface area contributed by atoms with Crippen LogP contribution < -0.4 is 5.32 Å².